The minimum absolute atomic E-state index is 0. The number of nitrogens with zero attached hydrogens (tertiary/aromatic N) is 3. The lowest BCUT2D eigenvalue weighted by Gasteiger charge is -2.26. The van der Waals surface area contributed by atoms with Gasteiger partial charge >= 0.3 is 0 Å². The summed E-state index contributed by atoms with van der Waals surface area (Å²) in [6, 6.07) is 3.38. The molecule has 0 aromatic carbocycles. The maximum atomic E-state index is 4.79. The second-order valence-corrected chi connectivity index (χ2v) is 6.44. The molecule has 3 aliphatic heterocycles. The molecule has 0 unspecified atom stereocenters. The van der Waals surface area contributed by atoms with Crippen LogP contribution in [0.25, 0.3) is 11.0 Å². The van der Waals surface area contributed by atoms with Crippen LogP contribution in [0.15, 0.2) is 12.3 Å². The lowest BCUT2D eigenvalue weighted by molar-refractivity contribution is 0.354. The molecule has 5 heterocycles. The van der Waals surface area contributed by atoms with E-state index in [1.54, 1.807) is 0 Å². The topological polar surface area (TPSA) is 56.8 Å². The number of halogens is 2. The maximum Gasteiger partial charge on any atom is 0.157 e. The van der Waals surface area contributed by atoms with Crippen LogP contribution in [0.4, 0.5) is 5.82 Å². The van der Waals surface area contributed by atoms with E-state index in [0.717, 1.165) is 34.5 Å². The van der Waals surface area contributed by atoms with Crippen molar-refractivity contribution in [1.29, 1.82) is 0 Å². The highest BCUT2D eigenvalue weighted by Crippen LogP contribution is 2.49. The Morgan fingerprint density at radius 1 is 1.09 bits per heavy atom. The Hall–Kier alpha value is -1.04. The normalized spacial score (nSPS) is 32.0. The van der Waals surface area contributed by atoms with Crippen LogP contribution >= 0.6 is 24.8 Å². The summed E-state index contributed by atoms with van der Waals surface area (Å²) in [6.07, 6.45) is 4.61. The maximum absolute atomic E-state index is 4.79. The highest BCUT2D eigenvalue weighted by molar-refractivity contribution is 5.87. The third kappa shape index (κ3) is 1.95. The van der Waals surface area contributed by atoms with E-state index in [0.29, 0.717) is 12.1 Å². The lowest BCUT2D eigenvalue weighted by atomic mass is 9.82. The molecule has 0 saturated carbocycles. The standard InChI is InChI=1S/C15H19N5.2ClH/c1-8-18-11-4-5-17-14(11)15(19-8)20-12-2-3-13(20)10-7-16-6-9(10)12;;/h4-5,9-10,12-13,16-17H,2-3,6-7H2,1H3;2*1H/t9-,10+,12-,13+;;. The monoisotopic (exact) mass is 341 g/mol. The summed E-state index contributed by atoms with van der Waals surface area (Å²) < 4.78 is 0. The van der Waals surface area contributed by atoms with E-state index in [2.05, 4.69) is 20.2 Å². The van der Waals surface area contributed by atoms with Crippen LogP contribution in [-0.4, -0.2) is 40.1 Å². The van der Waals surface area contributed by atoms with Crippen LogP contribution in [0.3, 0.4) is 0 Å². The lowest BCUT2D eigenvalue weighted by Crippen LogP contribution is -2.35. The Labute approximate surface area is 142 Å². The minimum atomic E-state index is 0. The van der Waals surface area contributed by atoms with Gasteiger partial charge in [0.1, 0.15) is 11.3 Å². The largest absolute Gasteiger partial charge is 0.357 e. The molecule has 3 fully saturated rings. The molecular weight excluding hydrogens is 321 g/mol. The van der Waals surface area contributed by atoms with Gasteiger partial charge in [0.2, 0.25) is 0 Å². The van der Waals surface area contributed by atoms with Gasteiger partial charge in [0.25, 0.3) is 0 Å². The first-order valence-corrected chi connectivity index (χ1v) is 7.64. The van der Waals surface area contributed by atoms with Crippen molar-refractivity contribution in [2.75, 3.05) is 18.0 Å². The molecule has 2 aromatic rings. The number of H-pyrrole nitrogens is 1. The van der Waals surface area contributed by atoms with Crippen molar-refractivity contribution in [3.8, 4) is 0 Å². The Morgan fingerprint density at radius 2 is 1.77 bits per heavy atom. The van der Waals surface area contributed by atoms with E-state index >= 15 is 0 Å². The zero-order valence-electron chi connectivity index (χ0n) is 12.5. The highest BCUT2D eigenvalue weighted by Gasteiger charge is 2.55. The summed E-state index contributed by atoms with van der Waals surface area (Å²) in [5.74, 6) is 3.64. The van der Waals surface area contributed by atoms with Gasteiger partial charge in [-0.1, -0.05) is 0 Å². The first kappa shape index (κ1) is 15.8. The molecule has 4 atom stereocenters. The Kier molecular flexibility index (Phi) is 4.00. The van der Waals surface area contributed by atoms with Crippen molar-refractivity contribution >= 4 is 41.7 Å². The van der Waals surface area contributed by atoms with Crippen LogP contribution in [0.1, 0.15) is 18.7 Å². The van der Waals surface area contributed by atoms with Crippen LogP contribution in [-0.2, 0) is 0 Å². The fourth-order valence-electron chi connectivity index (χ4n) is 4.81. The molecular formula is C15H21Cl2N5. The summed E-state index contributed by atoms with van der Waals surface area (Å²) in [5.41, 5.74) is 2.16. The van der Waals surface area contributed by atoms with Crippen molar-refractivity contribution in [3.05, 3.63) is 18.1 Å². The second-order valence-electron chi connectivity index (χ2n) is 6.44. The summed E-state index contributed by atoms with van der Waals surface area (Å²) >= 11 is 0. The molecule has 2 aromatic heterocycles. The molecule has 7 heteroatoms. The van der Waals surface area contributed by atoms with Crippen LogP contribution in [0.5, 0.6) is 0 Å². The van der Waals surface area contributed by atoms with Gasteiger partial charge in [0.15, 0.2) is 5.82 Å². The molecule has 2 bridgehead atoms. The summed E-state index contributed by atoms with van der Waals surface area (Å²) in [5, 5.41) is 3.57. The van der Waals surface area contributed by atoms with Gasteiger partial charge in [-0.05, 0) is 37.7 Å². The summed E-state index contributed by atoms with van der Waals surface area (Å²) in [4.78, 5) is 15.3. The quantitative estimate of drug-likeness (QED) is 0.835. The van der Waals surface area contributed by atoms with E-state index in [-0.39, 0.29) is 24.8 Å². The third-order valence-corrected chi connectivity index (χ3v) is 5.51. The summed E-state index contributed by atoms with van der Waals surface area (Å²) in [6.45, 7) is 4.36. The molecule has 3 saturated heterocycles. The van der Waals surface area contributed by atoms with Crippen molar-refractivity contribution in [3.63, 3.8) is 0 Å². The van der Waals surface area contributed by atoms with Gasteiger partial charge in [-0.15, -0.1) is 24.8 Å². The minimum Gasteiger partial charge on any atom is -0.357 e. The van der Waals surface area contributed by atoms with Gasteiger partial charge in [-0.25, -0.2) is 9.97 Å². The highest BCUT2D eigenvalue weighted by atomic mass is 35.5. The Bertz CT molecular complexity index is 670. The van der Waals surface area contributed by atoms with Crippen LogP contribution in [0, 0.1) is 18.8 Å². The molecule has 0 radical (unpaired) electrons. The number of hydrogen-bond donors (Lipinski definition) is 2. The van der Waals surface area contributed by atoms with Crippen molar-refractivity contribution in [2.45, 2.75) is 31.8 Å². The van der Waals surface area contributed by atoms with Gasteiger partial charge in [0, 0.05) is 31.4 Å². The molecule has 3 aliphatic rings. The van der Waals surface area contributed by atoms with E-state index < -0.39 is 0 Å². The third-order valence-electron chi connectivity index (χ3n) is 5.51. The summed E-state index contributed by atoms with van der Waals surface area (Å²) in [7, 11) is 0. The van der Waals surface area contributed by atoms with Crippen LogP contribution < -0.4 is 10.2 Å². The van der Waals surface area contributed by atoms with E-state index in [4.69, 9.17) is 4.98 Å². The molecule has 5 rings (SSSR count). The molecule has 120 valence electrons. The number of rotatable bonds is 1. The molecule has 2 N–H and O–H groups in total. The number of fused-ring (bicyclic) bond motifs is 6. The van der Waals surface area contributed by atoms with Crippen molar-refractivity contribution < 1.29 is 0 Å². The Morgan fingerprint density at radius 3 is 2.45 bits per heavy atom. The molecule has 0 spiro atoms. The number of anilines is 1. The van der Waals surface area contributed by atoms with Gasteiger partial charge in [-0.2, -0.15) is 0 Å². The van der Waals surface area contributed by atoms with E-state index in [1.165, 1.54) is 25.9 Å². The predicted octanol–water partition coefficient (Wildman–Crippen LogP) is 2.30. The molecule has 5 nitrogen and oxygen atoms in total. The second kappa shape index (κ2) is 5.55. The number of aromatic nitrogens is 3. The zero-order valence-corrected chi connectivity index (χ0v) is 14.1. The molecule has 22 heavy (non-hydrogen) atoms. The zero-order chi connectivity index (χ0) is 13.3. The van der Waals surface area contributed by atoms with Gasteiger partial charge in [-0.3, -0.25) is 0 Å². The van der Waals surface area contributed by atoms with Gasteiger partial charge < -0.3 is 15.2 Å². The predicted molar refractivity (Wildman–Crippen MR) is 92.3 cm³/mol. The van der Waals surface area contributed by atoms with E-state index in [9.17, 15) is 0 Å². The molecule has 0 amide bonds. The SMILES string of the molecule is Cc1nc(N2[C@@H]3CC[C@H]2[C@H]2CNC[C@H]23)c2[nH]ccc2n1.Cl.Cl. The first-order chi connectivity index (χ1) is 9.83. The smallest absolute Gasteiger partial charge is 0.157 e. The number of nitrogens with one attached hydrogen (secondary N) is 2. The average molecular weight is 342 g/mol. The van der Waals surface area contributed by atoms with Crippen molar-refractivity contribution in [2.24, 2.45) is 11.8 Å². The fraction of sp³-hybridized carbons (Fsp3) is 0.600. The number of aryl methyl sites for hydroxylation is 1. The first-order valence-electron chi connectivity index (χ1n) is 7.64. The van der Waals surface area contributed by atoms with Gasteiger partial charge in [0.05, 0.1) is 5.52 Å². The van der Waals surface area contributed by atoms with E-state index in [1.807, 2.05) is 19.2 Å². The molecule has 0 aliphatic carbocycles. The Balaban J connectivity index is 0.000000720. The van der Waals surface area contributed by atoms with Crippen LogP contribution in [0.2, 0.25) is 0 Å². The number of aromatic amines is 1. The number of hydrogen-bond acceptors (Lipinski definition) is 4. The average Bonchev–Trinajstić information content (AvgIpc) is 3.18. The van der Waals surface area contributed by atoms with Crippen molar-refractivity contribution in [1.82, 2.24) is 20.3 Å². The fourth-order valence-corrected chi connectivity index (χ4v) is 4.81.